The van der Waals surface area contributed by atoms with Gasteiger partial charge in [-0.05, 0) is 67.9 Å². The molecule has 0 spiro atoms. The number of carbonyl (C=O) groups is 2. The third-order valence-corrected chi connectivity index (χ3v) is 7.03. The summed E-state index contributed by atoms with van der Waals surface area (Å²) in [4.78, 5) is 25.1. The van der Waals surface area contributed by atoms with Gasteiger partial charge in [-0.1, -0.05) is 107 Å². The van der Waals surface area contributed by atoms with Gasteiger partial charge in [0.2, 0.25) is 0 Å². The van der Waals surface area contributed by atoms with Crippen molar-refractivity contribution in [1.29, 1.82) is 0 Å². The Kier molecular flexibility index (Phi) is 9.43. The van der Waals surface area contributed by atoms with Gasteiger partial charge in [0.15, 0.2) is 0 Å². The molecule has 0 aliphatic heterocycles. The number of phenolic OH excluding ortho intramolecular Hbond substituents is 2. The molecule has 0 aliphatic carbocycles. The van der Waals surface area contributed by atoms with Crippen LogP contribution in [0, 0.1) is 0 Å². The third-order valence-electron chi connectivity index (χ3n) is 7.03. The topological polar surface area (TPSA) is 83.8 Å². The van der Waals surface area contributed by atoms with Crippen LogP contribution in [0.15, 0.2) is 24.3 Å². The van der Waals surface area contributed by atoms with Crippen LogP contribution in [0.3, 0.4) is 0 Å². The number of hydrogen-bond acceptors (Lipinski definition) is 5. The van der Waals surface area contributed by atoms with Crippen molar-refractivity contribution in [3.63, 3.8) is 0 Å². The first kappa shape index (κ1) is 32.4. The summed E-state index contributed by atoms with van der Waals surface area (Å²) < 4.78 is 5.15. The molecule has 216 valence electrons. The van der Waals surface area contributed by atoms with Crippen molar-refractivity contribution in [2.24, 2.45) is 0 Å². The Balaban J connectivity index is 2.12. The van der Waals surface area contributed by atoms with E-state index < -0.39 is 11.9 Å². The van der Waals surface area contributed by atoms with Crippen molar-refractivity contribution in [1.82, 2.24) is 0 Å². The van der Waals surface area contributed by atoms with Crippen molar-refractivity contribution in [2.45, 2.75) is 130 Å². The van der Waals surface area contributed by atoms with E-state index in [-0.39, 0.29) is 34.5 Å². The van der Waals surface area contributed by atoms with E-state index >= 15 is 0 Å². The Morgan fingerprint density at radius 3 is 0.974 bits per heavy atom. The Labute approximate surface area is 236 Å². The van der Waals surface area contributed by atoms with Crippen LogP contribution in [0.25, 0.3) is 0 Å². The molecule has 2 N–H and O–H groups in total. The molecule has 5 heteroatoms. The SMILES string of the molecule is CC(C)(C)c1cc(CCC(=O)OC(=O)CCc2cc(C(C)(C)C)c(O)c(C(C)(C)C)c2)cc(C(C)(C)C)c1O. The minimum atomic E-state index is -0.556. The standard InChI is InChI=1S/C34H50O5/c1-31(2,3)23-17-21(18-24(29(23)37)32(4,5)6)13-15-27(35)39-28(36)16-14-22-19-25(33(7,8)9)30(38)26(20-22)34(10,11)12/h17-20,37-38H,13-16H2,1-12H3. The van der Waals surface area contributed by atoms with Gasteiger partial charge in [0, 0.05) is 0 Å². The van der Waals surface area contributed by atoms with Crippen LogP contribution < -0.4 is 0 Å². The normalized spacial score (nSPS) is 12.9. The first-order chi connectivity index (χ1) is 17.5. The van der Waals surface area contributed by atoms with E-state index in [1.807, 2.05) is 107 Å². The molecule has 2 rings (SSSR count). The van der Waals surface area contributed by atoms with E-state index in [4.69, 9.17) is 4.74 Å². The maximum Gasteiger partial charge on any atom is 0.313 e. The summed E-state index contributed by atoms with van der Waals surface area (Å²) >= 11 is 0. The zero-order chi connectivity index (χ0) is 30.1. The maximum atomic E-state index is 12.6. The highest BCUT2D eigenvalue weighted by atomic mass is 16.6. The number of hydrogen-bond donors (Lipinski definition) is 2. The van der Waals surface area contributed by atoms with E-state index in [1.165, 1.54) is 0 Å². The van der Waals surface area contributed by atoms with Gasteiger partial charge >= 0.3 is 11.9 Å². The Bertz CT molecular complexity index is 1040. The molecule has 0 saturated heterocycles. The smallest absolute Gasteiger partial charge is 0.313 e. The lowest BCUT2D eigenvalue weighted by molar-refractivity contribution is -0.159. The van der Waals surface area contributed by atoms with Crippen LogP contribution in [-0.2, 0) is 48.8 Å². The number of esters is 2. The maximum absolute atomic E-state index is 12.6. The van der Waals surface area contributed by atoms with Gasteiger partial charge in [-0.2, -0.15) is 0 Å². The van der Waals surface area contributed by atoms with Crippen LogP contribution in [0.5, 0.6) is 11.5 Å². The lowest BCUT2D eigenvalue weighted by Crippen LogP contribution is -2.19. The molecule has 0 saturated carbocycles. The van der Waals surface area contributed by atoms with E-state index in [9.17, 15) is 19.8 Å². The quantitative estimate of drug-likeness (QED) is 0.288. The van der Waals surface area contributed by atoms with Crippen LogP contribution >= 0.6 is 0 Å². The second kappa shape index (κ2) is 11.3. The van der Waals surface area contributed by atoms with Crippen LogP contribution in [0.1, 0.15) is 129 Å². The van der Waals surface area contributed by atoms with E-state index in [1.54, 1.807) is 0 Å². The molecule has 0 heterocycles. The molecule has 0 fully saturated rings. The second-order valence-corrected chi connectivity index (χ2v) is 14.9. The van der Waals surface area contributed by atoms with Crippen molar-refractivity contribution in [2.75, 3.05) is 0 Å². The number of carbonyl (C=O) groups excluding carboxylic acids is 2. The van der Waals surface area contributed by atoms with Gasteiger partial charge in [0.1, 0.15) is 11.5 Å². The van der Waals surface area contributed by atoms with Crippen molar-refractivity contribution in [3.05, 3.63) is 57.6 Å². The summed E-state index contributed by atoms with van der Waals surface area (Å²) in [6.07, 6.45) is 0.983. The fraction of sp³-hybridized carbons (Fsp3) is 0.588. The number of aromatic hydroxyl groups is 2. The molecule has 0 atom stereocenters. The summed E-state index contributed by atoms with van der Waals surface area (Å²) in [6, 6.07) is 7.79. The number of ether oxygens (including phenoxy) is 1. The van der Waals surface area contributed by atoms with E-state index in [0.29, 0.717) is 24.3 Å². The van der Waals surface area contributed by atoms with Gasteiger partial charge in [0.05, 0.1) is 12.8 Å². The predicted octanol–water partition coefficient (Wildman–Crippen LogP) is 7.92. The van der Waals surface area contributed by atoms with Gasteiger partial charge in [0.25, 0.3) is 0 Å². The minimum Gasteiger partial charge on any atom is -0.507 e. The first-order valence-corrected chi connectivity index (χ1v) is 14.0. The number of phenols is 2. The molecule has 0 aromatic heterocycles. The molecule has 2 aromatic rings. The van der Waals surface area contributed by atoms with Crippen LogP contribution in [0.4, 0.5) is 0 Å². The highest BCUT2D eigenvalue weighted by molar-refractivity contribution is 5.85. The van der Waals surface area contributed by atoms with Crippen LogP contribution in [-0.4, -0.2) is 22.2 Å². The summed E-state index contributed by atoms with van der Waals surface area (Å²) in [7, 11) is 0. The fourth-order valence-electron chi connectivity index (χ4n) is 4.69. The zero-order valence-corrected chi connectivity index (χ0v) is 26.3. The molecule has 0 amide bonds. The molecule has 2 aromatic carbocycles. The summed E-state index contributed by atoms with van der Waals surface area (Å²) in [5.74, 6) is -0.511. The third kappa shape index (κ3) is 8.58. The molecule has 0 unspecified atom stereocenters. The lowest BCUT2D eigenvalue weighted by atomic mass is 9.78. The van der Waals surface area contributed by atoms with Gasteiger partial charge in [-0.15, -0.1) is 0 Å². The zero-order valence-electron chi connectivity index (χ0n) is 26.3. The van der Waals surface area contributed by atoms with Gasteiger partial charge < -0.3 is 14.9 Å². The van der Waals surface area contributed by atoms with Crippen molar-refractivity contribution in [3.8, 4) is 11.5 Å². The highest BCUT2D eigenvalue weighted by Crippen LogP contribution is 2.41. The highest BCUT2D eigenvalue weighted by Gasteiger charge is 2.28. The summed E-state index contributed by atoms with van der Waals surface area (Å²) in [6.45, 7) is 24.6. The average Bonchev–Trinajstić information content (AvgIpc) is 2.74. The average molecular weight is 539 g/mol. The number of rotatable bonds is 6. The largest absolute Gasteiger partial charge is 0.507 e. The number of benzene rings is 2. The van der Waals surface area contributed by atoms with Crippen molar-refractivity contribution >= 4 is 11.9 Å². The number of aryl methyl sites for hydroxylation is 2. The monoisotopic (exact) mass is 538 g/mol. The second-order valence-electron chi connectivity index (χ2n) is 14.9. The van der Waals surface area contributed by atoms with Gasteiger partial charge in [-0.25, -0.2) is 0 Å². The lowest BCUT2D eigenvalue weighted by Gasteiger charge is -2.28. The fourth-order valence-corrected chi connectivity index (χ4v) is 4.69. The van der Waals surface area contributed by atoms with Gasteiger partial charge in [-0.3, -0.25) is 9.59 Å². The van der Waals surface area contributed by atoms with Crippen LogP contribution in [0.2, 0.25) is 0 Å². The van der Waals surface area contributed by atoms with Crippen molar-refractivity contribution < 1.29 is 24.5 Å². The molecule has 0 aliphatic rings. The summed E-state index contributed by atoms with van der Waals surface area (Å²) in [5, 5.41) is 21.8. The predicted molar refractivity (Wildman–Crippen MR) is 159 cm³/mol. The molecule has 5 nitrogen and oxygen atoms in total. The Morgan fingerprint density at radius 2 is 0.769 bits per heavy atom. The van der Waals surface area contributed by atoms with E-state index in [0.717, 1.165) is 33.4 Å². The molecule has 39 heavy (non-hydrogen) atoms. The minimum absolute atomic E-state index is 0.0746. The molecular formula is C34H50O5. The molecular weight excluding hydrogens is 488 g/mol. The molecule has 0 radical (unpaired) electrons. The molecule has 0 bridgehead atoms. The summed E-state index contributed by atoms with van der Waals surface area (Å²) in [5.41, 5.74) is 4.19. The first-order valence-electron chi connectivity index (χ1n) is 14.0. The Hall–Kier alpha value is -2.82. The Morgan fingerprint density at radius 1 is 0.538 bits per heavy atom. The van der Waals surface area contributed by atoms with E-state index in [2.05, 4.69) is 0 Å².